The maximum Gasteiger partial charge on any atom is 0.326 e. The first-order chi connectivity index (χ1) is 9.93. The highest BCUT2D eigenvalue weighted by molar-refractivity contribution is 6.30. The summed E-state index contributed by atoms with van der Waals surface area (Å²) in [7, 11) is 0. The minimum absolute atomic E-state index is 0.0881. The van der Waals surface area contributed by atoms with E-state index < -0.39 is 12.0 Å². The van der Waals surface area contributed by atoms with E-state index in [1.54, 1.807) is 6.07 Å². The van der Waals surface area contributed by atoms with Crippen LogP contribution in [0.5, 0.6) is 0 Å². The van der Waals surface area contributed by atoms with Gasteiger partial charge in [0.15, 0.2) is 0 Å². The third kappa shape index (κ3) is 3.76. The number of carboxylic acid groups (broad SMARTS) is 1. The number of carbonyl (C=O) groups is 2. The van der Waals surface area contributed by atoms with E-state index in [0.717, 1.165) is 12.0 Å². The van der Waals surface area contributed by atoms with Gasteiger partial charge in [0.05, 0.1) is 0 Å². The number of hydrogen-bond acceptors (Lipinski definition) is 2. The third-order valence-electron chi connectivity index (χ3n) is 4.18. The summed E-state index contributed by atoms with van der Waals surface area (Å²) in [6.07, 6.45) is 1.46. The van der Waals surface area contributed by atoms with Crippen molar-refractivity contribution in [2.24, 2.45) is 11.8 Å². The van der Waals surface area contributed by atoms with Gasteiger partial charge in [0.2, 0.25) is 5.91 Å². The van der Waals surface area contributed by atoms with Gasteiger partial charge in [-0.05, 0) is 36.0 Å². The molecule has 0 aliphatic heterocycles. The number of carbonyl (C=O) groups excluding carboxylic acids is 1. The highest BCUT2D eigenvalue weighted by Crippen LogP contribution is 2.48. The molecule has 0 bridgehead atoms. The molecule has 0 saturated heterocycles. The summed E-state index contributed by atoms with van der Waals surface area (Å²) >= 11 is 5.95. The molecular weight excluding hydrogens is 290 g/mol. The number of benzene rings is 1. The molecule has 1 aromatic carbocycles. The van der Waals surface area contributed by atoms with Crippen molar-refractivity contribution in [3.05, 3.63) is 34.9 Å². The maximum absolute atomic E-state index is 12.2. The van der Waals surface area contributed by atoms with Crippen molar-refractivity contribution in [2.45, 2.75) is 38.6 Å². The molecule has 4 atom stereocenters. The fraction of sp³-hybridized carbons (Fsp3) is 0.500. The molecule has 1 saturated carbocycles. The molecule has 0 heterocycles. The van der Waals surface area contributed by atoms with Crippen molar-refractivity contribution in [2.75, 3.05) is 0 Å². The van der Waals surface area contributed by atoms with Gasteiger partial charge in [0, 0.05) is 10.9 Å². The molecule has 0 aromatic heterocycles. The zero-order valence-corrected chi connectivity index (χ0v) is 12.9. The Balaban J connectivity index is 1.98. The van der Waals surface area contributed by atoms with Crippen LogP contribution in [0.3, 0.4) is 0 Å². The van der Waals surface area contributed by atoms with Gasteiger partial charge in [0.25, 0.3) is 0 Å². The summed E-state index contributed by atoms with van der Waals surface area (Å²) in [6.45, 7) is 3.75. The van der Waals surface area contributed by atoms with Gasteiger partial charge in [-0.3, -0.25) is 4.79 Å². The van der Waals surface area contributed by atoms with E-state index >= 15 is 0 Å². The van der Waals surface area contributed by atoms with Crippen LogP contribution in [-0.4, -0.2) is 23.0 Å². The number of carboxylic acids is 1. The van der Waals surface area contributed by atoms with Gasteiger partial charge in [-0.2, -0.15) is 0 Å². The highest BCUT2D eigenvalue weighted by atomic mass is 35.5. The number of hydrogen-bond donors (Lipinski definition) is 2. The van der Waals surface area contributed by atoms with Crippen molar-refractivity contribution in [1.82, 2.24) is 5.32 Å². The van der Waals surface area contributed by atoms with Crippen LogP contribution >= 0.6 is 11.6 Å². The van der Waals surface area contributed by atoms with Crippen LogP contribution < -0.4 is 5.32 Å². The van der Waals surface area contributed by atoms with E-state index in [-0.39, 0.29) is 23.7 Å². The van der Waals surface area contributed by atoms with Gasteiger partial charge in [0.1, 0.15) is 6.04 Å². The summed E-state index contributed by atoms with van der Waals surface area (Å²) in [4.78, 5) is 23.4. The number of halogens is 1. The van der Waals surface area contributed by atoms with Gasteiger partial charge >= 0.3 is 5.97 Å². The van der Waals surface area contributed by atoms with Crippen molar-refractivity contribution < 1.29 is 14.7 Å². The molecule has 1 aliphatic carbocycles. The van der Waals surface area contributed by atoms with E-state index in [9.17, 15) is 14.7 Å². The number of rotatable bonds is 6. The maximum atomic E-state index is 12.2. The summed E-state index contributed by atoms with van der Waals surface area (Å²) < 4.78 is 0. The van der Waals surface area contributed by atoms with Crippen molar-refractivity contribution >= 4 is 23.5 Å². The van der Waals surface area contributed by atoms with Gasteiger partial charge < -0.3 is 10.4 Å². The molecule has 4 nitrogen and oxygen atoms in total. The highest BCUT2D eigenvalue weighted by Gasteiger charge is 2.45. The first-order valence-electron chi connectivity index (χ1n) is 7.22. The lowest BCUT2D eigenvalue weighted by Crippen LogP contribution is -2.45. The Labute approximate surface area is 129 Å². The standard InChI is InChI=1S/C16H20ClNO3/c1-3-9(2)14(16(20)21)18-15(19)13-8-12(13)10-5-4-6-11(17)7-10/h4-7,9,12-14H,3,8H2,1-2H3,(H,18,19)(H,20,21)/t9-,12?,13?,14-/m0/s1. The van der Waals surface area contributed by atoms with Crippen LogP contribution in [0.15, 0.2) is 24.3 Å². The molecule has 0 radical (unpaired) electrons. The molecule has 2 rings (SSSR count). The lowest BCUT2D eigenvalue weighted by atomic mass is 9.99. The molecule has 1 amide bonds. The molecule has 1 aliphatic rings. The van der Waals surface area contributed by atoms with E-state index in [1.165, 1.54) is 0 Å². The van der Waals surface area contributed by atoms with Gasteiger partial charge in [-0.1, -0.05) is 44.0 Å². The second-order valence-electron chi connectivity index (χ2n) is 5.71. The normalized spacial score (nSPS) is 23.2. The van der Waals surface area contributed by atoms with Crippen LogP contribution in [0.2, 0.25) is 5.02 Å². The monoisotopic (exact) mass is 309 g/mol. The Bertz CT molecular complexity index is 546. The fourth-order valence-electron chi connectivity index (χ4n) is 2.53. The summed E-state index contributed by atoms with van der Waals surface area (Å²) in [5.41, 5.74) is 1.04. The van der Waals surface area contributed by atoms with E-state index in [4.69, 9.17) is 11.6 Å². The molecule has 21 heavy (non-hydrogen) atoms. The van der Waals surface area contributed by atoms with E-state index in [1.807, 2.05) is 32.0 Å². The van der Waals surface area contributed by atoms with Crippen LogP contribution in [0.1, 0.15) is 38.2 Å². The molecule has 0 spiro atoms. The summed E-state index contributed by atoms with van der Waals surface area (Å²) in [5.74, 6) is -1.23. The second-order valence-corrected chi connectivity index (χ2v) is 6.15. The summed E-state index contributed by atoms with van der Waals surface area (Å²) in [6, 6.07) is 6.66. The minimum Gasteiger partial charge on any atom is -0.480 e. The Morgan fingerprint density at radius 1 is 1.48 bits per heavy atom. The number of aliphatic carboxylic acids is 1. The Hall–Kier alpha value is -1.55. The topological polar surface area (TPSA) is 66.4 Å². The molecule has 2 N–H and O–H groups in total. The largest absolute Gasteiger partial charge is 0.480 e. The van der Waals surface area contributed by atoms with Gasteiger partial charge in [-0.15, -0.1) is 0 Å². The number of amides is 1. The van der Waals surface area contributed by atoms with Crippen LogP contribution in [-0.2, 0) is 9.59 Å². The second kappa shape index (κ2) is 6.48. The quantitative estimate of drug-likeness (QED) is 0.848. The summed E-state index contributed by atoms with van der Waals surface area (Å²) in [5, 5.41) is 12.5. The average molecular weight is 310 g/mol. The van der Waals surface area contributed by atoms with Crippen molar-refractivity contribution in [3.63, 3.8) is 0 Å². The lowest BCUT2D eigenvalue weighted by Gasteiger charge is -2.20. The lowest BCUT2D eigenvalue weighted by molar-refractivity contribution is -0.143. The molecular formula is C16H20ClNO3. The van der Waals surface area contributed by atoms with Crippen LogP contribution in [0.4, 0.5) is 0 Å². The molecule has 1 aromatic rings. The SMILES string of the molecule is CC[C@H](C)[C@H](NC(=O)C1CC1c1cccc(Cl)c1)C(=O)O. The molecule has 1 fully saturated rings. The van der Waals surface area contributed by atoms with Crippen LogP contribution in [0, 0.1) is 11.8 Å². The minimum atomic E-state index is -0.974. The molecule has 5 heteroatoms. The first kappa shape index (κ1) is 15.8. The Morgan fingerprint density at radius 2 is 2.19 bits per heavy atom. The number of nitrogens with one attached hydrogen (secondary N) is 1. The zero-order chi connectivity index (χ0) is 15.6. The molecule has 2 unspecified atom stereocenters. The zero-order valence-electron chi connectivity index (χ0n) is 12.2. The van der Waals surface area contributed by atoms with Crippen LogP contribution in [0.25, 0.3) is 0 Å². The Kier molecular flexibility index (Phi) is 4.88. The predicted octanol–water partition coefficient (Wildman–Crippen LogP) is 3.06. The predicted molar refractivity (Wildman–Crippen MR) is 81.3 cm³/mol. The van der Waals surface area contributed by atoms with Crippen molar-refractivity contribution in [1.29, 1.82) is 0 Å². The van der Waals surface area contributed by atoms with Crippen molar-refractivity contribution in [3.8, 4) is 0 Å². The van der Waals surface area contributed by atoms with Gasteiger partial charge in [-0.25, -0.2) is 4.79 Å². The fourth-order valence-corrected chi connectivity index (χ4v) is 2.73. The average Bonchev–Trinajstić information content (AvgIpc) is 3.24. The van der Waals surface area contributed by atoms with E-state index in [0.29, 0.717) is 11.4 Å². The van der Waals surface area contributed by atoms with E-state index in [2.05, 4.69) is 5.32 Å². The third-order valence-corrected chi connectivity index (χ3v) is 4.42. The smallest absolute Gasteiger partial charge is 0.326 e. The first-order valence-corrected chi connectivity index (χ1v) is 7.60. The molecule has 114 valence electrons. The Morgan fingerprint density at radius 3 is 2.76 bits per heavy atom.